The minimum atomic E-state index is -1.15. The summed E-state index contributed by atoms with van der Waals surface area (Å²) in [4.78, 5) is 50.7. The first-order valence-corrected chi connectivity index (χ1v) is 14.4. The van der Waals surface area contributed by atoms with Gasteiger partial charge in [-0.2, -0.15) is 11.8 Å². The van der Waals surface area contributed by atoms with Crippen molar-refractivity contribution in [1.29, 1.82) is 0 Å². The van der Waals surface area contributed by atoms with E-state index in [2.05, 4.69) is 16.0 Å². The number of nitrogens with two attached hydrogens (primary N) is 3. The summed E-state index contributed by atoms with van der Waals surface area (Å²) in [5.74, 6) is -2.17. The monoisotopic (exact) mass is 552 g/mol. The average Bonchev–Trinajstić information content (AvgIpc) is 2.90. The van der Waals surface area contributed by atoms with E-state index in [9.17, 15) is 24.3 Å². The maximum absolute atomic E-state index is 13.2. The molecular weight excluding hydrogens is 508 g/mol. The average molecular weight is 553 g/mol. The molecule has 38 heavy (non-hydrogen) atoms. The smallest absolute Gasteiger partial charge is 0.326 e. The number of nitrogens with one attached hydrogen (secondary N) is 3. The van der Waals surface area contributed by atoms with Gasteiger partial charge in [-0.05, 0) is 82.0 Å². The van der Waals surface area contributed by atoms with Crippen LogP contribution in [0.1, 0.15) is 50.5 Å². The highest BCUT2D eigenvalue weighted by molar-refractivity contribution is 7.98. The molecule has 3 amide bonds. The van der Waals surface area contributed by atoms with Gasteiger partial charge in [0.05, 0.1) is 6.04 Å². The zero-order valence-corrected chi connectivity index (χ0v) is 23.0. The second-order valence-corrected chi connectivity index (χ2v) is 10.2. The van der Waals surface area contributed by atoms with Crippen LogP contribution in [-0.4, -0.2) is 78.1 Å². The van der Waals surface area contributed by atoms with Gasteiger partial charge in [0.1, 0.15) is 18.1 Å². The second-order valence-electron chi connectivity index (χ2n) is 9.17. The van der Waals surface area contributed by atoms with Gasteiger partial charge in [0.25, 0.3) is 0 Å². The fourth-order valence-corrected chi connectivity index (χ4v) is 4.27. The Labute approximate surface area is 229 Å². The van der Waals surface area contributed by atoms with Crippen LogP contribution in [0.2, 0.25) is 0 Å². The van der Waals surface area contributed by atoms with Crippen molar-refractivity contribution >= 4 is 35.5 Å². The summed E-state index contributed by atoms with van der Waals surface area (Å²) in [7, 11) is 0. The van der Waals surface area contributed by atoms with E-state index in [4.69, 9.17) is 17.2 Å². The van der Waals surface area contributed by atoms with Gasteiger partial charge in [0, 0.05) is 0 Å². The van der Waals surface area contributed by atoms with Crippen molar-refractivity contribution < 1.29 is 24.3 Å². The quantitative estimate of drug-likeness (QED) is 0.110. The van der Waals surface area contributed by atoms with E-state index in [-0.39, 0.29) is 6.42 Å². The molecule has 0 spiro atoms. The van der Waals surface area contributed by atoms with Crippen LogP contribution < -0.4 is 33.2 Å². The Kier molecular flexibility index (Phi) is 17.0. The van der Waals surface area contributed by atoms with Crippen molar-refractivity contribution in [1.82, 2.24) is 16.0 Å². The summed E-state index contributed by atoms with van der Waals surface area (Å²) in [5, 5.41) is 17.5. The van der Waals surface area contributed by atoms with Crippen LogP contribution in [-0.2, 0) is 25.6 Å². The molecule has 12 heteroatoms. The van der Waals surface area contributed by atoms with Gasteiger partial charge in [-0.15, -0.1) is 0 Å². The molecule has 4 unspecified atom stereocenters. The molecule has 0 aromatic heterocycles. The highest BCUT2D eigenvalue weighted by atomic mass is 32.2. The third-order valence-electron chi connectivity index (χ3n) is 6.02. The molecule has 0 aliphatic rings. The molecule has 0 aliphatic carbocycles. The van der Waals surface area contributed by atoms with Gasteiger partial charge < -0.3 is 38.3 Å². The lowest BCUT2D eigenvalue weighted by Crippen LogP contribution is -2.57. The Morgan fingerprint density at radius 1 is 0.789 bits per heavy atom. The molecule has 1 rings (SSSR count). The summed E-state index contributed by atoms with van der Waals surface area (Å²) in [6.45, 7) is 0.869. The lowest BCUT2D eigenvalue weighted by atomic mass is 10.0. The van der Waals surface area contributed by atoms with Gasteiger partial charge in [0.15, 0.2) is 0 Å². The van der Waals surface area contributed by atoms with E-state index in [1.54, 1.807) is 0 Å². The summed E-state index contributed by atoms with van der Waals surface area (Å²) >= 11 is 1.50. The summed E-state index contributed by atoms with van der Waals surface area (Å²) in [5.41, 5.74) is 18.1. The van der Waals surface area contributed by atoms with E-state index in [1.165, 1.54) is 11.8 Å². The molecule has 10 N–H and O–H groups in total. The molecule has 1 aromatic carbocycles. The van der Waals surface area contributed by atoms with Crippen LogP contribution in [0.5, 0.6) is 0 Å². The van der Waals surface area contributed by atoms with Crippen molar-refractivity contribution in [3.8, 4) is 0 Å². The first kappa shape index (κ1) is 33.4. The Hall–Kier alpha value is -2.67. The molecule has 11 nitrogen and oxygen atoms in total. The van der Waals surface area contributed by atoms with Crippen molar-refractivity contribution in [2.75, 3.05) is 25.1 Å². The summed E-state index contributed by atoms with van der Waals surface area (Å²) < 4.78 is 0. The zero-order chi connectivity index (χ0) is 28.3. The number of carboxylic acids is 1. The number of carboxylic acid groups (broad SMARTS) is 1. The molecular formula is C26H44N6O5S. The van der Waals surface area contributed by atoms with Gasteiger partial charge >= 0.3 is 5.97 Å². The maximum atomic E-state index is 13.2. The summed E-state index contributed by atoms with van der Waals surface area (Å²) in [6, 6.07) is 5.50. The third kappa shape index (κ3) is 13.2. The fraction of sp³-hybridized carbons (Fsp3) is 0.615. The number of amides is 3. The van der Waals surface area contributed by atoms with Crippen LogP contribution in [0.15, 0.2) is 30.3 Å². The number of benzene rings is 1. The van der Waals surface area contributed by atoms with E-state index < -0.39 is 47.9 Å². The fourth-order valence-electron chi connectivity index (χ4n) is 3.80. The van der Waals surface area contributed by atoms with Crippen LogP contribution >= 0.6 is 11.8 Å². The Morgan fingerprint density at radius 2 is 1.29 bits per heavy atom. The van der Waals surface area contributed by atoms with Crippen LogP contribution in [0, 0.1) is 0 Å². The molecule has 0 radical (unpaired) electrons. The van der Waals surface area contributed by atoms with Gasteiger partial charge in [-0.1, -0.05) is 30.3 Å². The number of thioether (sulfide) groups is 1. The predicted octanol–water partition coefficient (Wildman–Crippen LogP) is 0.107. The maximum Gasteiger partial charge on any atom is 0.326 e. The minimum absolute atomic E-state index is 0.235. The second kappa shape index (κ2) is 19.4. The Bertz CT molecular complexity index is 860. The van der Waals surface area contributed by atoms with Crippen molar-refractivity contribution in [2.24, 2.45) is 17.2 Å². The highest BCUT2D eigenvalue weighted by Gasteiger charge is 2.30. The number of carbonyl (C=O) groups excluding carboxylic acids is 3. The zero-order valence-electron chi connectivity index (χ0n) is 22.2. The van der Waals surface area contributed by atoms with Crippen LogP contribution in [0.3, 0.4) is 0 Å². The number of hydrogen-bond acceptors (Lipinski definition) is 8. The number of hydrogen-bond donors (Lipinski definition) is 7. The van der Waals surface area contributed by atoms with E-state index in [0.717, 1.165) is 5.56 Å². The number of unbranched alkanes of at least 4 members (excludes halogenated alkanes) is 2. The third-order valence-corrected chi connectivity index (χ3v) is 6.66. The number of aliphatic carboxylic acids is 1. The first-order valence-electron chi connectivity index (χ1n) is 13.1. The van der Waals surface area contributed by atoms with Crippen LogP contribution in [0.25, 0.3) is 0 Å². The topological polar surface area (TPSA) is 203 Å². The minimum Gasteiger partial charge on any atom is -0.480 e. The van der Waals surface area contributed by atoms with Gasteiger partial charge in [-0.25, -0.2) is 4.79 Å². The molecule has 0 fully saturated rings. The molecule has 0 bridgehead atoms. The van der Waals surface area contributed by atoms with Crippen LogP contribution in [0.4, 0.5) is 0 Å². The molecule has 0 saturated carbocycles. The number of carbonyl (C=O) groups is 4. The van der Waals surface area contributed by atoms with Gasteiger partial charge in [0.2, 0.25) is 17.7 Å². The lowest BCUT2D eigenvalue weighted by molar-refractivity contribution is -0.142. The van der Waals surface area contributed by atoms with E-state index in [1.807, 2.05) is 36.6 Å². The van der Waals surface area contributed by atoms with E-state index >= 15 is 0 Å². The molecule has 214 valence electrons. The number of rotatable bonds is 20. The predicted molar refractivity (Wildman–Crippen MR) is 150 cm³/mol. The molecule has 0 aliphatic heterocycles. The SMILES string of the molecule is CSCCC(NC(=O)C(CCCCN)NC(=O)C(N)Cc1ccccc1)C(=O)NC(CCCCN)C(=O)O. The standard InChI is InChI=1S/C26H44N6O5S/c1-38-16-13-21(25(35)32-22(26(36)37)12-6-8-15-28)31-24(34)20(11-5-7-14-27)30-23(33)19(29)17-18-9-3-2-4-10-18/h2-4,9-10,19-22H,5-8,11-17,27-29H2,1H3,(H,30,33)(H,31,34)(H,32,35)(H,36,37). The highest BCUT2D eigenvalue weighted by Crippen LogP contribution is 2.08. The van der Waals surface area contributed by atoms with E-state index in [0.29, 0.717) is 63.8 Å². The molecule has 0 heterocycles. The largest absolute Gasteiger partial charge is 0.480 e. The van der Waals surface area contributed by atoms with Crippen molar-refractivity contribution in [2.45, 2.75) is 75.5 Å². The van der Waals surface area contributed by atoms with Gasteiger partial charge in [-0.3, -0.25) is 14.4 Å². The summed E-state index contributed by atoms with van der Waals surface area (Å²) in [6.07, 6.45) is 5.47. The van der Waals surface area contributed by atoms with Crippen molar-refractivity contribution in [3.63, 3.8) is 0 Å². The van der Waals surface area contributed by atoms with Crippen molar-refractivity contribution in [3.05, 3.63) is 35.9 Å². The first-order chi connectivity index (χ1) is 18.2. The Balaban J connectivity index is 2.92. The lowest BCUT2D eigenvalue weighted by Gasteiger charge is -2.25. The Morgan fingerprint density at radius 3 is 1.82 bits per heavy atom. The molecule has 1 aromatic rings. The molecule has 4 atom stereocenters. The normalized spacial score (nSPS) is 14.1. The molecule has 0 saturated heterocycles.